The van der Waals surface area contributed by atoms with Crippen molar-refractivity contribution in [2.45, 2.75) is 38.6 Å². The first kappa shape index (κ1) is 13.7. The van der Waals surface area contributed by atoms with Gasteiger partial charge in [0.15, 0.2) is 12.4 Å². The van der Waals surface area contributed by atoms with Crippen LogP contribution in [0.15, 0.2) is 47.7 Å². The van der Waals surface area contributed by atoms with Crippen LogP contribution in [0.25, 0.3) is 5.57 Å². The number of nitrogens with zero attached hydrogens (tertiary/aromatic N) is 2. The van der Waals surface area contributed by atoms with Crippen LogP contribution in [0.1, 0.15) is 38.2 Å². The highest BCUT2D eigenvalue weighted by Crippen LogP contribution is 2.17. The molecule has 2 heterocycles. The molecule has 1 aliphatic rings. The zero-order chi connectivity index (χ0) is 13.5. The van der Waals surface area contributed by atoms with Gasteiger partial charge in [-0.1, -0.05) is 19.1 Å². The maximum absolute atomic E-state index is 4.66. The molecule has 100 valence electrons. The second kappa shape index (κ2) is 7.03. The lowest BCUT2D eigenvalue weighted by Crippen LogP contribution is -2.25. The smallest absolute Gasteiger partial charge is 0.169 e. The predicted molar refractivity (Wildman–Crippen MR) is 81.2 cm³/mol. The fraction of sp³-hybridized carbons (Fsp3) is 0.412. The van der Waals surface area contributed by atoms with Crippen LogP contribution in [-0.2, 0) is 7.05 Å². The van der Waals surface area contributed by atoms with Gasteiger partial charge < -0.3 is 0 Å². The normalized spacial score (nSPS) is 26.2. The molecule has 0 saturated heterocycles. The molecule has 1 aromatic rings. The van der Waals surface area contributed by atoms with Crippen LogP contribution in [-0.4, -0.2) is 12.3 Å². The van der Waals surface area contributed by atoms with E-state index < -0.39 is 0 Å². The Morgan fingerprint density at radius 1 is 1.32 bits per heavy atom. The number of rotatable bonds is 2. The van der Waals surface area contributed by atoms with Crippen molar-refractivity contribution in [1.29, 1.82) is 0 Å². The van der Waals surface area contributed by atoms with Crippen molar-refractivity contribution in [3.05, 3.63) is 48.3 Å². The Hall–Kier alpha value is -1.70. The van der Waals surface area contributed by atoms with Crippen LogP contribution in [0.4, 0.5) is 0 Å². The van der Waals surface area contributed by atoms with E-state index >= 15 is 0 Å². The van der Waals surface area contributed by atoms with Gasteiger partial charge >= 0.3 is 0 Å². The zero-order valence-corrected chi connectivity index (χ0v) is 11.9. The highest BCUT2D eigenvalue weighted by Gasteiger charge is 2.04. The largest absolute Gasteiger partial charge is 0.290 e. The third-order valence-corrected chi connectivity index (χ3v) is 3.54. The molecule has 1 atom stereocenters. The van der Waals surface area contributed by atoms with E-state index in [1.807, 2.05) is 13.3 Å². The Morgan fingerprint density at radius 2 is 2.11 bits per heavy atom. The molecule has 0 saturated carbocycles. The van der Waals surface area contributed by atoms with Crippen LogP contribution < -0.4 is 4.57 Å². The quantitative estimate of drug-likeness (QED) is 0.719. The van der Waals surface area contributed by atoms with Crippen molar-refractivity contribution >= 4 is 11.8 Å². The van der Waals surface area contributed by atoms with Gasteiger partial charge in [0.25, 0.3) is 0 Å². The Kier molecular flexibility index (Phi) is 5.08. The van der Waals surface area contributed by atoms with E-state index in [-0.39, 0.29) is 0 Å². The molecule has 1 aliphatic heterocycles. The molecule has 0 spiro atoms. The molecule has 2 nitrogen and oxygen atoms in total. The monoisotopic (exact) mass is 255 g/mol. The highest BCUT2D eigenvalue weighted by atomic mass is 14.9. The Labute approximate surface area is 116 Å². The van der Waals surface area contributed by atoms with Gasteiger partial charge in [0, 0.05) is 24.4 Å². The summed E-state index contributed by atoms with van der Waals surface area (Å²) in [4.78, 5) is 4.66. The minimum atomic E-state index is 0.484. The van der Waals surface area contributed by atoms with Crippen molar-refractivity contribution in [1.82, 2.24) is 0 Å². The van der Waals surface area contributed by atoms with Gasteiger partial charge in [-0.15, -0.1) is 0 Å². The lowest BCUT2D eigenvalue weighted by atomic mass is 10.0. The number of aryl methyl sites for hydroxylation is 1. The van der Waals surface area contributed by atoms with Gasteiger partial charge in [0.1, 0.15) is 7.05 Å². The molecular formula is C17H23N2+. The molecule has 0 N–H and O–H groups in total. The summed E-state index contributed by atoms with van der Waals surface area (Å²) in [5.41, 5.74) is 2.48. The second-order valence-electron chi connectivity index (χ2n) is 5.07. The van der Waals surface area contributed by atoms with Gasteiger partial charge in [-0.3, -0.25) is 4.99 Å². The van der Waals surface area contributed by atoms with Crippen molar-refractivity contribution in [3.8, 4) is 0 Å². The molecule has 1 unspecified atom stereocenters. The SMILES string of the molecule is CCC1CCC\C=C/C(c2cc[n+](C)cc2)=C\C=N\1. The third kappa shape index (κ3) is 4.16. The van der Waals surface area contributed by atoms with Crippen molar-refractivity contribution in [3.63, 3.8) is 0 Å². The van der Waals surface area contributed by atoms with Crippen molar-refractivity contribution in [2.75, 3.05) is 0 Å². The number of allylic oxidation sites excluding steroid dienone is 4. The number of aromatic nitrogens is 1. The third-order valence-electron chi connectivity index (χ3n) is 3.54. The fourth-order valence-corrected chi connectivity index (χ4v) is 2.25. The molecule has 0 fully saturated rings. The molecule has 0 bridgehead atoms. The van der Waals surface area contributed by atoms with Gasteiger partial charge in [0.2, 0.25) is 0 Å². The molecular weight excluding hydrogens is 232 g/mol. The van der Waals surface area contributed by atoms with Gasteiger partial charge in [-0.25, -0.2) is 4.57 Å². The number of hydrogen-bond donors (Lipinski definition) is 0. The minimum absolute atomic E-state index is 0.484. The number of aliphatic imine (C=N–C) groups is 1. The second-order valence-corrected chi connectivity index (χ2v) is 5.07. The zero-order valence-electron chi connectivity index (χ0n) is 11.9. The van der Waals surface area contributed by atoms with E-state index in [0.29, 0.717) is 6.04 Å². The summed E-state index contributed by atoms with van der Waals surface area (Å²) in [5, 5.41) is 0. The van der Waals surface area contributed by atoms with E-state index in [4.69, 9.17) is 0 Å². The highest BCUT2D eigenvalue weighted by molar-refractivity contribution is 5.88. The molecule has 1 aromatic heterocycles. The van der Waals surface area contributed by atoms with Crippen molar-refractivity contribution < 1.29 is 4.57 Å². The van der Waals surface area contributed by atoms with E-state index in [2.05, 4.69) is 59.2 Å². The average Bonchev–Trinajstić information content (AvgIpc) is 2.45. The summed E-state index contributed by atoms with van der Waals surface area (Å²) in [6.07, 6.45) is 17.5. The average molecular weight is 255 g/mol. The molecule has 0 radical (unpaired) electrons. The van der Waals surface area contributed by atoms with Crippen LogP contribution in [0.3, 0.4) is 0 Å². The Balaban J connectivity index is 2.24. The summed E-state index contributed by atoms with van der Waals surface area (Å²) in [7, 11) is 2.04. The van der Waals surface area contributed by atoms with Crippen molar-refractivity contribution in [2.24, 2.45) is 12.0 Å². The molecule has 0 amide bonds. The predicted octanol–water partition coefficient (Wildman–Crippen LogP) is 3.48. The topological polar surface area (TPSA) is 16.2 Å². The summed E-state index contributed by atoms with van der Waals surface area (Å²) < 4.78 is 2.05. The molecule has 0 aliphatic carbocycles. The van der Waals surface area contributed by atoms with E-state index in [1.54, 1.807) is 0 Å². The minimum Gasteiger partial charge on any atom is -0.290 e. The summed E-state index contributed by atoms with van der Waals surface area (Å²) in [6.45, 7) is 2.21. The standard InChI is InChI=1S/C17H23N2/c1-3-17-8-6-4-5-7-15(9-12-18-17)16-10-13-19(2)14-11-16/h5,7,9-14,17H,3-4,6,8H2,1-2H3/q+1/b7-5-,15-9+,18-12+. The van der Waals surface area contributed by atoms with Crippen LogP contribution in [0.5, 0.6) is 0 Å². The summed E-state index contributed by atoms with van der Waals surface area (Å²) in [6, 6.07) is 4.78. The van der Waals surface area contributed by atoms with E-state index in [0.717, 1.165) is 12.8 Å². The number of pyridine rings is 1. The first-order chi connectivity index (χ1) is 9.29. The molecule has 2 heteroatoms. The molecule has 19 heavy (non-hydrogen) atoms. The first-order valence-electron chi connectivity index (χ1n) is 7.15. The first-order valence-corrected chi connectivity index (χ1v) is 7.15. The lowest BCUT2D eigenvalue weighted by molar-refractivity contribution is -0.671. The Bertz CT molecular complexity index is 480. The van der Waals surface area contributed by atoms with Crippen LogP contribution >= 0.6 is 0 Å². The van der Waals surface area contributed by atoms with Crippen LogP contribution in [0, 0.1) is 0 Å². The molecule has 2 rings (SSSR count). The van der Waals surface area contributed by atoms with Crippen LogP contribution in [0.2, 0.25) is 0 Å². The maximum Gasteiger partial charge on any atom is 0.169 e. The molecule has 0 aromatic carbocycles. The summed E-state index contributed by atoms with van der Waals surface area (Å²) >= 11 is 0. The van der Waals surface area contributed by atoms with Gasteiger partial charge in [-0.05, 0) is 42.9 Å². The van der Waals surface area contributed by atoms with E-state index in [1.165, 1.54) is 24.0 Å². The van der Waals surface area contributed by atoms with Gasteiger partial charge in [0.05, 0.1) is 0 Å². The lowest BCUT2D eigenvalue weighted by Gasteiger charge is -2.09. The summed E-state index contributed by atoms with van der Waals surface area (Å²) in [5.74, 6) is 0. The maximum atomic E-state index is 4.66. The van der Waals surface area contributed by atoms with Gasteiger partial charge in [-0.2, -0.15) is 0 Å². The Morgan fingerprint density at radius 3 is 2.84 bits per heavy atom. The number of hydrogen-bond acceptors (Lipinski definition) is 1. The van der Waals surface area contributed by atoms with E-state index in [9.17, 15) is 0 Å². The fourth-order valence-electron chi connectivity index (χ4n) is 2.25.